The van der Waals surface area contributed by atoms with Gasteiger partial charge in [0, 0.05) is 33.9 Å². The molecule has 0 fully saturated rings. The van der Waals surface area contributed by atoms with Crippen molar-refractivity contribution >= 4 is 28.9 Å². The van der Waals surface area contributed by atoms with Gasteiger partial charge in [0.25, 0.3) is 5.91 Å². The first kappa shape index (κ1) is 19.5. The zero-order chi connectivity index (χ0) is 20.4. The van der Waals surface area contributed by atoms with Crippen LogP contribution in [0.3, 0.4) is 0 Å². The molecule has 3 aromatic rings. The summed E-state index contributed by atoms with van der Waals surface area (Å²) in [5, 5.41) is 4.33. The molecule has 0 saturated heterocycles. The highest BCUT2D eigenvalue weighted by Crippen LogP contribution is 2.43. The second-order valence-electron chi connectivity index (χ2n) is 7.56. The van der Waals surface area contributed by atoms with E-state index in [0.717, 1.165) is 23.4 Å². The number of amides is 1. The van der Waals surface area contributed by atoms with Crippen LogP contribution in [-0.2, 0) is 0 Å². The van der Waals surface area contributed by atoms with Gasteiger partial charge in [-0.1, -0.05) is 61.8 Å². The van der Waals surface area contributed by atoms with Crippen LogP contribution in [0, 0.1) is 5.92 Å². The van der Waals surface area contributed by atoms with Gasteiger partial charge in [0.15, 0.2) is 0 Å². The molecule has 0 bridgehead atoms. The van der Waals surface area contributed by atoms with Crippen molar-refractivity contribution in [2.24, 2.45) is 5.92 Å². The lowest BCUT2D eigenvalue weighted by molar-refractivity contribution is 0.0960. The highest BCUT2D eigenvalue weighted by atomic mass is 35.5. The Kier molecular flexibility index (Phi) is 5.59. The van der Waals surface area contributed by atoms with Gasteiger partial charge in [0.2, 0.25) is 0 Å². The smallest absolute Gasteiger partial charge is 0.258 e. The molecule has 29 heavy (non-hydrogen) atoms. The molecule has 1 heterocycles. The molecular weight excluding hydrogens is 380 g/mol. The van der Waals surface area contributed by atoms with E-state index in [-0.39, 0.29) is 23.9 Å². The third-order valence-corrected chi connectivity index (χ3v) is 6.07. The number of hydrogen-bond acceptors (Lipinski definition) is 2. The fourth-order valence-electron chi connectivity index (χ4n) is 4.36. The van der Waals surface area contributed by atoms with Gasteiger partial charge in [0.05, 0.1) is 6.04 Å². The fraction of sp³-hybridized carbons (Fsp3) is 0.240. The maximum atomic E-state index is 13.5. The van der Waals surface area contributed by atoms with E-state index in [1.165, 1.54) is 0 Å². The molecule has 4 heteroatoms. The molecule has 3 atom stereocenters. The van der Waals surface area contributed by atoms with Crippen molar-refractivity contribution in [1.29, 1.82) is 0 Å². The molecule has 4 rings (SSSR count). The lowest BCUT2D eigenvalue weighted by atomic mass is 9.80. The Morgan fingerprint density at radius 2 is 1.62 bits per heavy atom. The number of para-hydroxylation sites is 2. The van der Waals surface area contributed by atoms with Crippen molar-refractivity contribution in [2.45, 2.75) is 32.4 Å². The minimum absolute atomic E-state index is 0.0194. The predicted octanol–water partition coefficient (Wildman–Crippen LogP) is 6.57. The van der Waals surface area contributed by atoms with Crippen LogP contribution in [-0.4, -0.2) is 11.9 Å². The van der Waals surface area contributed by atoms with Crippen molar-refractivity contribution in [3.63, 3.8) is 0 Å². The first-order valence-electron chi connectivity index (χ1n) is 10.1. The van der Waals surface area contributed by atoms with Gasteiger partial charge in [-0.2, -0.15) is 0 Å². The average molecular weight is 405 g/mol. The van der Waals surface area contributed by atoms with Crippen molar-refractivity contribution in [2.75, 3.05) is 10.2 Å². The van der Waals surface area contributed by atoms with Crippen LogP contribution < -0.4 is 10.2 Å². The molecule has 0 aromatic heterocycles. The van der Waals surface area contributed by atoms with Gasteiger partial charge < -0.3 is 10.2 Å². The first-order chi connectivity index (χ1) is 14.1. The quantitative estimate of drug-likeness (QED) is 0.533. The van der Waals surface area contributed by atoms with Crippen LogP contribution in [0.5, 0.6) is 0 Å². The molecular formula is C25H25ClN2O. The summed E-state index contributed by atoms with van der Waals surface area (Å²) >= 11 is 6.03. The standard InChI is InChI=1S/C25H25ClN2O/c1-3-22-17(2)24(27-20-9-5-4-6-10-20)21-11-7-8-12-23(21)28(22)25(29)18-13-15-19(26)16-14-18/h4-17,22,24,27H,3H2,1-2H3/t17-,22-,24-/m1/s1. The SMILES string of the molecule is CC[C@@H]1[C@@H](C)[C@@H](Nc2ccccc2)c2ccccc2N1C(=O)c1ccc(Cl)cc1. The molecule has 0 unspecified atom stereocenters. The summed E-state index contributed by atoms with van der Waals surface area (Å²) in [7, 11) is 0. The number of halogens is 1. The van der Waals surface area contributed by atoms with E-state index in [1.807, 2.05) is 35.2 Å². The number of nitrogens with one attached hydrogen (secondary N) is 1. The summed E-state index contributed by atoms with van der Waals surface area (Å²) in [6.07, 6.45) is 0.877. The zero-order valence-electron chi connectivity index (χ0n) is 16.7. The highest BCUT2D eigenvalue weighted by Gasteiger charge is 2.40. The van der Waals surface area contributed by atoms with Gasteiger partial charge in [-0.05, 0) is 54.4 Å². The molecule has 1 aliphatic heterocycles. The number of rotatable bonds is 4. The van der Waals surface area contributed by atoms with E-state index in [4.69, 9.17) is 11.6 Å². The van der Waals surface area contributed by atoms with Crippen LogP contribution in [0.4, 0.5) is 11.4 Å². The summed E-state index contributed by atoms with van der Waals surface area (Å²) in [4.78, 5) is 15.5. The van der Waals surface area contributed by atoms with Crippen LogP contribution in [0.2, 0.25) is 5.02 Å². The number of benzene rings is 3. The molecule has 0 aliphatic carbocycles. The van der Waals surface area contributed by atoms with E-state index in [1.54, 1.807) is 24.3 Å². The molecule has 3 aromatic carbocycles. The third-order valence-electron chi connectivity index (χ3n) is 5.82. The lowest BCUT2D eigenvalue weighted by Crippen LogP contribution is -2.50. The van der Waals surface area contributed by atoms with Gasteiger partial charge >= 0.3 is 0 Å². The van der Waals surface area contributed by atoms with Crippen LogP contribution >= 0.6 is 11.6 Å². The summed E-state index contributed by atoms with van der Waals surface area (Å²) in [6, 6.07) is 25.9. The molecule has 0 radical (unpaired) electrons. The third kappa shape index (κ3) is 3.75. The molecule has 1 amide bonds. The van der Waals surface area contributed by atoms with Crippen molar-refractivity contribution in [1.82, 2.24) is 0 Å². The van der Waals surface area contributed by atoms with Gasteiger partial charge in [0.1, 0.15) is 0 Å². The largest absolute Gasteiger partial charge is 0.378 e. The molecule has 1 N–H and O–H groups in total. The molecule has 148 valence electrons. The topological polar surface area (TPSA) is 32.3 Å². The monoisotopic (exact) mass is 404 g/mol. The second-order valence-corrected chi connectivity index (χ2v) is 8.00. The Morgan fingerprint density at radius 1 is 0.966 bits per heavy atom. The van der Waals surface area contributed by atoms with E-state index >= 15 is 0 Å². The van der Waals surface area contributed by atoms with Crippen LogP contribution in [0.1, 0.15) is 42.2 Å². The Balaban J connectivity index is 1.76. The summed E-state index contributed by atoms with van der Waals surface area (Å²) in [5.74, 6) is 0.261. The minimum Gasteiger partial charge on any atom is -0.378 e. The summed E-state index contributed by atoms with van der Waals surface area (Å²) in [5.41, 5.74) is 3.87. The zero-order valence-corrected chi connectivity index (χ0v) is 17.4. The normalized spacial score (nSPS) is 20.8. The van der Waals surface area contributed by atoms with E-state index in [0.29, 0.717) is 10.6 Å². The Bertz CT molecular complexity index is 987. The van der Waals surface area contributed by atoms with Gasteiger partial charge in [-0.3, -0.25) is 4.79 Å². The molecule has 3 nitrogen and oxygen atoms in total. The summed E-state index contributed by atoms with van der Waals surface area (Å²) < 4.78 is 0. The first-order valence-corrected chi connectivity index (χ1v) is 10.5. The fourth-order valence-corrected chi connectivity index (χ4v) is 4.48. The van der Waals surface area contributed by atoms with Crippen molar-refractivity contribution < 1.29 is 4.79 Å². The molecule has 0 spiro atoms. The number of hydrogen-bond donors (Lipinski definition) is 1. The Labute approximate surface area is 177 Å². The number of carbonyl (C=O) groups is 1. The lowest BCUT2D eigenvalue weighted by Gasteiger charge is -2.45. The van der Waals surface area contributed by atoms with E-state index in [2.05, 4.69) is 43.4 Å². The highest BCUT2D eigenvalue weighted by molar-refractivity contribution is 6.30. The maximum Gasteiger partial charge on any atom is 0.258 e. The van der Waals surface area contributed by atoms with Gasteiger partial charge in [-0.15, -0.1) is 0 Å². The molecule has 0 saturated carbocycles. The van der Waals surface area contributed by atoms with E-state index in [9.17, 15) is 4.79 Å². The second kappa shape index (κ2) is 8.30. The number of nitrogens with zero attached hydrogens (tertiary/aromatic N) is 1. The maximum absolute atomic E-state index is 13.5. The number of carbonyl (C=O) groups excluding carboxylic acids is 1. The van der Waals surface area contributed by atoms with Crippen molar-refractivity contribution in [3.8, 4) is 0 Å². The van der Waals surface area contributed by atoms with Gasteiger partial charge in [-0.25, -0.2) is 0 Å². The predicted molar refractivity (Wildman–Crippen MR) is 121 cm³/mol. The summed E-state index contributed by atoms with van der Waals surface area (Å²) in [6.45, 7) is 4.38. The Hall–Kier alpha value is -2.78. The number of fused-ring (bicyclic) bond motifs is 1. The van der Waals surface area contributed by atoms with Crippen molar-refractivity contribution in [3.05, 3.63) is 95.0 Å². The average Bonchev–Trinajstić information content (AvgIpc) is 2.76. The Morgan fingerprint density at radius 3 is 2.31 bits per heavy atom. The van der Waals surface area contributed by atoms with Crippen LogP contribution in [0.25, 0.3) is 0 Å². The number of anilines is 2. The van der Waals surface area contributed by atoms with Crippen LogP contribution in [0.15, 0.2) is 78.9 Å². The molecule has 1 aliphatic rings. The minimum atomic E-state index is 0.0194. The van der Waals surface area contributed by atoms with E-state index < -0.39 is 0 Å².